The number of thiazole rings is 1. The van der Waals surface area contributed by atoms with Crippen molar-refractivity contribution in [2.24, 2.45) is 10.2 Å². The molecule has 0 aliphatic heterocycles. The molecule has 0 bridgehead atoms. The van der Waals surface area contributed by atoms with Crippen molar-refractivity contribution in [1.29, 1.82) is 0 Å². The van der Waals surface area contributed by atoms with E-state index in [4.69, 9.17) is 0 Å². The van der Waals surface area contributed by atoms with Gasteiger partial charge in [-0.3, -0.25) is 0 Å². The molecule has 0 saturated heterocycles. The van der Waals surface area contributed by atoms with Crippen molar-refractivity contribution in [3.05, 3.63) is 29.3 Å². The van der Waals surface area contributed by atoms with Crippen LogP contribution in [0.1, 0.15) is 38.2 Å². The van der Waals surface area contributed by atoms with E-state index in [0.29, 0.717) is 10.8 Å². The zero-order valence-electron chi connectivity index (χ0n) is 12.0. The molecule has 0 atom stereocenters. The van der Waals surface area contributed by atoms with Gasteiger partial charge in [-0.15, -0.1) is 21.6 Å². The van der Waals surface area contributed by atoms with Crippen molar-refractivity contribution >= 4 is 22.2 Å². The van der Waals surface area contributed by atoms with Gasteiger partial charge in [-0.25, -0.2) is 4.98 Å². The van der Waals surface area contributed by atoms with Gasteiger partial charge in [-0.2, -0.15) is 0 Å². The third-order valence-corrected chi connectivity index (χ3v) is 3.79. The number of hydrogen-bond donors (Lipinski definition) is 2. The first kappa shape index (κ1) is 15.4. The number of rotatable bonds is 7. The molecule has 0 spiro atoms. The van der Waals surface area contributed by atoms with E-state index in [2.05, 4.69) is 22.1 Å². The van der Waals surface area contributed by atoms with E-state index in [-0.39, 0.29) is 11.5 Å². The number of hydrogen-bond acceptors (Lipinski definition) is 6. The molecule has 0 aliphatic carbocycles. The fourth-order valence-corrected chi connectivity index (χ4v) is 2.45. The Labute approximate surface area is 128 Å². The predicted octanol–water partition coefficient (Wildman–Crippen LogP) is 5.09. The first-order valence-corrected chi connectivity index (χ1v) is 7.94. The van der Waals surface area contributed by atoms with E-state index in [9.17, 15) is 10.2 Å². The number of azo groups is 1. The molecular weight excluding hydrogens is 286 g/mol. The van der Waals surface area contributed by atoms with Gasteiger partial charge in [0, 0.05) is 17.6 Å². The molecule has 0 aliphatic rings. The zero-order valence-corrected chi connectivity index (χ0v) is 12.8. The Morgan fingerprint density at radius 2 is 1.95 bits per heavy atom. The zero-order chi connectivity index (χ0) is 15.1. The van der Waals surface area contributed by atoms with Crippen LogP contribution in [-0.2, 0) is 6.42 Å². The number of aromatic hydroxyl groups is 2. The fourth-order valence-electron chi connectivity index (χ4n) is 1.99. The van der Waals surface area contributed by atoms with Gasteiger partial charge in [0.1, 0.15) is 17.2 Å². The maximum atomic E-state index is 9.88. The molecule has 5 nitrogen and oxygen atoms in total. The molecular formula is C15H19N3O2S. The van der Waals surface area contributed by atoms with Crippen LogP contribution in [-0.4, -0.2) is 15.2 Å². The van der Waals surface area contributed by atoms with Gasteiger partial charge in [0.2, 0.25) is 5.13 Å². The number of phenols is 2. The highest BCUT2D eigenvalue weighted by Crippen LogP contribution is 2.35. The summed E-state index contributed by atoms with van der Waals surface area (Å²) in [4.78, 5) is 4.00. The van der Waals surface area contributed by atoms with Crippen LogP contribution in [0.3, 0.4) is 0 Å². The third kappa shape index (κ3) is 4.53. The smallest absolute Gasteiger partial charge is 0.229 e. The van der Waals surface area contributed by atoms with Crippen LogP contribution in [0.15, 0.2) is 33.9 Å². The Morgan fingerprint density at radius 3 is 2.67 bits per heavy atom. The SMILES string of the molecule is CCCCCCc1cc(N=Nc2nccs2)c(O)cc1O. The molecule has 2 aromatic rings. The van der Waals surface area contributed by atoms with Crippen LogP contribution in [0.2, 0.25) is 0 Å². The van der Waals surface area contributed by atoms with E-state index in [0.717, 1.165) is 24.8 Å². The Morgan fingerprint density at radius 1 is 1.10 bits per heavy atom. The molecule has 1 aromatic carbocycles. The molecule has 0 radical (unpaired) electrons. The topological polar surface area (TPSA) is 78.1 Å². The summed E-state index contributed by atoms with van der Waals surface area (Å²) in [7, 11) is 0. The monoisotopic (exact) mass is 305 g/mol. The molecule has 2 rings (SSSR count). The molecule has 21 heavy (non-hydrogen) atoms. The minimum absolute atomic E-state index is 0.0786. The lowest BCUT2D eigenvalue weighted by molar-refractivity contribution is 0.445. The van der Waals surface area contributed by atoms with E-state index in [1.807, 2.05) is 5.38 Å². The van der Waals surface area contributed by atoms with E-state index >= 15 is 0 Å². The standard InChI is InChI=1S/C15H19N3O2S/c1-2-3-4-5-6-11-9-12(14(20)10-13(11)19)17-18-15-16-7-8-21-15/h7-10,19-20H,2-6H2,1H3. The molecule has 1 aromatic heterocycles. The first-order valence-electron chi connectivity index (χ1n) is 7.06. The van der Waals surface area contributed by atoms with Gasteiger partial charge in [0.15, 0.2) is 0 Å². The summed E-state index contributed by atoms with van der Waals surface area (Å²) in [5.74, 6) is 0.0299. The number of unbranched alkanes of at least 4 members (excludes halogenated alkanes) is 3. The van der Waals surface area contributed by atoms with Crippen LogP contribution in [0.25, 0.3) is 0 Å². The second kappa shape index (κ2) is 7.73. The second-order valence-corrected chi connectivity index (χ2v) is 5.67. The average molecular weight is 305 g/mol. The van der Waals surface area contributed by atoms with Gasteiger partial charge in [0.25, 0.3) is 0 Å². The largest absolute Gasteiger partial charge is 0.508 e. The Bertz CT molecular complexity index is 597. The summed E-state index contributed by atoms with van der Waals surface area (Å²) in [6.07, 6.45) is 6.92. The molecule has 6 heteroatoms. The first-order chi connectivity index (χ1) is 10.2. The minimum atomic E-state index is -0.0786. The normalized spacial score (nSPS) is 11.3. The van der Waals surface area contributed by atoms with Crippen molar-refractivity contribution in [2.45, 2.75) is 39.0 Å². The summed E-state index contributed by atoms with van der Waals surface area (Å²) in [6.45, 7) is 2.16. The number of nitrogens with zero attached hydrogens (tertiary/aromatic N) is 3. The minimum Gasteiger partial charge on any atom is -0.508 e. The lowest BCUT2D eigenvalue weighted by Gasteiger charge is -2.07. The average Bonchev–Trinajstić information content (AvgIpc) is 2.97. The van der Waals surface area contributed by atoms with Crippen molar-refractivity contribution in [3.63, 3.8) is 0 Å². The van der Waals surface area contributed by atoms with Gasteiger partial charge in [-0.05, 0) is 24.5 Å². The molecule has 0 amide bonds. The lowest BCUT2D eigenvalue weighted by Crippen LogP contribution is -1.87. The Kier molecular flexibility index (Phi) is 5.68. The van der Waals surface area contributed by atoms with Crippen LogP contribution >= 0.6 is 11.3 Å². The number of aromatic nitrogens is 1. The van der Waals surface area contributed by atoms with Gasteiger partial charge in [-0.1, -0.05) is 26.2 Å². The molecule has 0 saturated carbocycles. The highest BCUT2D eigenvalue weighted by atomic mass is 32.1. The van der Waals surface area contributed by atoms with E-state index < -0.39 is 0 Å². The molecule has 0 unspecified atom stereocenters. The Hall–Kier alpha value is -1.95. The quantitative estimate of drug-likeness (QED) is 0.552. The lowest BCUT2D eigenvalue weighted by atomic mass is 10.0. The second-order valence-electron chi connectivity index (χ2n) is 4.79. The molecule has 0 fully saturated rings. The maximum absolute atomic E-state index is 9.88. The fraction of sp³-hybridized carbons (Fsp3) is 0.400. The van der Waals surface area contributed by atoms with Crippen molar-refractivity contribution in [3.8, 4) is 11.5 Å². The summed E-state index contributed by atoms with van der Waals surface area (Å²) in [6, 6.07) is 3.01. The predicted molar refractivity (Wildman–Crippen MR) is 83.9 cm³/mol. The number of aryl methyl sites for hydroxylation is 1. The van der Waals surface area contributed by atoms with Crippen molar-refractivity contribution in [2.75, 3.05) is 0 Å². The van der Waals surface area contributed by atoms with E-state index in [1.165, 1.54) is 30.2 Å². The summed E-state index contributed by atoms with van der Waals surface area (Å²) < 4.78 is 0. The highest BCUT2D eigenvalue weighted by molar-refractivity contribution is 7.13. The molecule has 2 N–H and O–H groups in total. The van der Waals surface area contributed by atoms with Crippen LogP contribution < -0.4 is 0 Å². The van der Waals surface area contributed by atoms with E-state index in [1.54, 1.807) is 12.3 Å². The van der Waals surface area contributed by atoms with Crippen LogP contribution in [0.5, 0.6) is 11.5 Å². The van der Waals surface area contributed by atoms with Crippen molar-refractivity contribution < 1.29 is 10.2 Å². The summed E-state index contributed by atoms with van der Waals surface area (Å²) >= 11 is 1.37. The maximum Gasteiger partial charge on any atom is 0.229 e. The summed E-state index contributed by atoms with van der Waals surface area (Å²) in [5, 5.41) is 30.0. The van der Waals surface area contributed by atoms with Crippen LogP contribution in [0.4, 0.5) is 10.8 Å². The van der Waals surface area contributed by atoms with Gasteiger partial charge >= 0.3 is 0 Å². The number of phenolic OH excluding ortho intramolecular Hbond substituents is 2. The molecule has 112 valence electrons. The van der Waals surface area contributed by atoms with Gasteiger partial charge in [0.05, 0.1) is 0 Å². The summed E-state index contributed by atoms with van der Waals surface area (Å²) in [5.41, 5.74) is 1.14. The number of benzene rings is 1. The third-order valence-electron chi connectivity index (χ3n) is 3.14. The van der Waals surface area contributed by atoms with Gasteiger partial charge < -0.3 is 10.2 Å². The van der Waals surface area contributed by atoms with Crippen LogP contribution in [0, 0.1) is 0 Å². The highest BCUT2D eigenvalue weighted by Gasteiger charge is 2.08. The molecule has 1 heterocycles. The Balaban J connectivity index is 2.10. The van der Waals surface area contributed by atoms with Crippen molar-refractivity contribution in [1.82, 2.24) is 4.98 Å².